The normalized spacial score (nSPS) is 17.2. The van der Waals surface area contributed by atoms with Gasteiger partial charge in [-0.25, -0.2) is 0 Å². The number of nitrogens with zero attached hydrogens (tertiary/aromatic N) is 2. The van der Waals surface area contributed by atoms with Crippen molar-refractivity contribution >= 4 is 28.4 Å². The number of amides is 2. The molecule has 1 aromatic heterocycles. The van der Waals surface area contributed by atoms with Crippen molar-refractivity contribution in [2.75, 3.05) is 38.1 Å². The van der Waals surface area contributed by atoms with Crippen molar-refractivity contribution in [3.8, 4) is 0 Å². The maximum atomic E-state index is 12.3. The van der Waals surface area contributed by atoms with Crippen LogP contribution in [-0.4, -0.2) is 60.2 Å². The van der Waals surface area contributed by atoms with E-state index in [4.69, 9.17) is 4.74 Å². The number of benzene rings is 1. The molecule has 0 spiro atoms. The molecule has 26 heavy (non-hydrogen) atoms. The fourth-order valence-corrected chi connectivity index (χ4v) is 3.19. The smallest absolute Gasteiger partial charge is 0.254 e. The lowest BCUT2D eigenvalue weighted by molar-refractivity contribution is -0.131. The molecule has 0 saturated carbocycles. The number of fused-ring (bicyclic) bond motifs is 1. The van der Waals surface area contributed by atoms with Crippen molar-refractivity contribution in [1.29, 1.82) is 0 Å². The van der Waals surface area contributed by atoms with Crippen LogP contribution < -0.4 is 10.6 Å². The number of carbonyl (C=O) groups is 2. The van der Waals surface area contributed by atoms with E-state index in [1.807, 2.05) is 53.8 Å². The highest BCUT2D eigenvalue weighted by Crippen LogP contribution is 2.21. The number of hydrogen-bond donors (Lipinski definition) is 2. The zero-order valence-corrected chi connectivity index (χ0v) is 15.3. The van der Waals surface area contributed by atoms with E-state index in [2.05, 4.69) is 10.6 Å². The number of aromatic nitrogens is 1. The fraction of sp³-hybridized carbons (Fsp3) is 0.474. The summed E-state index contributed by atoms with van der Waals surface area (Å²) in [6.45, 7) is 7.55. The molecule has 1 aliphatic rings. The summed E-state index contributed by atoms with van der Waals surface area (Å²) < 4.78 is 7.41. The van der Waals surface area contributed by atoms with E-state index in [9.17, 15) is 9.59 Å². The van der Waals surface area contributed by atoms with Gasteiger partial charge in [-0.05, 0) is 38.1 Å². The lowest BCUT2D eigenvalue weighted by Gasteiger charge is -2.22. The average Bonchev–Trinajstić information content (AvgIpc) is 3.05. The van der Waals surface area contributed by atoms with Crippen LogP contribution in [-0.2, 0) is 20.9 Å². The summed E-state index contributed by atoms with van der Waals surface area (Å²) in [4.78, 5) is 26.4. The Bertz CT molecular complexity index is 776. The molecule has 3 rings (SSSR count). The number of nitrogens with one attached hydrogen (secondary N) is 2. The second kappa shape index (κ2) is 8.33. The first-order chi connectivity index (χ1) is 12.6. The maximum Gasteiger partial charge on any atom is 0.254 e. The van der Waals surface area contributed by atoms with E-state index in [1.165, 1.54) is 0 Å². The topological polar surface area (TPSA) is 75.6 Å². The minimum atomic E-state index is -0.462. The molecule has 1 saturated heterocycles. The number of likely N-dealkylation sites (N-methyl/N-ethyl adjacent to an activating group) is 1. The van der Waals surface area contributed by atoms with Gasteiger partial charge >= 0.3 is 0 Å². The number of anilines is 1. The SMILES string of the molecule is CCN(CC)C(=O)Cn1ccc2cc(NC(=O)C3CNCCO3)ccc21. The standard InChI is InChI=1S/C19H26N4O3/c1-3-22(4-2)18(24)13-23-9-7-14-11-15(5-6-16(14)23)21-19(25)17-12-20-8-10-26-17/h5-7,9,11,17,20H,3-4,8,10,12-13H2,1-2H3,(H,21,25). The predicted octanol–water partition coefficient (Wildman–Crippen LogP) is 1.44. The Morgan fingerprint density at radius 1 is 1.31 bits per heavy atom. The Labute approximate surface area is 153 Å². The van der Waals surface area contributed by atoms with E-state index in [0.717, 1.165) is 23.1 Å². The van der Waals surface area contributed by atoms with E-state index in [-0.39, 0.29) is 11.8 Å². The van der Waals surface area contributed by atoms with Gasteiger partial charge in [-0.15, -0.1) is 0 Å². The molecule has 1 unspecified atom stereocenters. The van der Waals surface area contributed by atoms with Crippen LogP contribution in [0.2, 0.25) is 0 Å². The van der Waals surface area contributed by atoms with Gasteiger partial charge < -0.3 is 24.8 Å². The molecule has 2 heterocycles. The highest BCUT2D eigenvalue weighted by Gasteiger charge is 2.21. The molecule has 0 radical (unpaired) electrons. The maximum absolute atomic E-state index is 12.3. The lowest BCUT2D eigenvalue weighted by Crippen LogP contribution is -2.45. The van der Waals surface area contributed by atoms with Crippen molar-refractivity contribution in [1.82, 2.24) is 14.8 Å². The molecular weight excluding hydrogens is 332 g/mol. The first-order valence-electron chi connectivity index (χ1n) is 9.12. The lowest BCUT2D eigenvalue weighted by atomic mass is 10.2. The highest BCUT2D eigenvalue weighted by molar-refractivity contribution is 5.96. The molecule has 1 fully saturated rings. The molecule has 2 aromatic rings. The molecule has 1 aliphatic heterocycles. The van der Waals surface area contributed by atoms with E-state index in [0.29, 0.717) is 32.8 Å². The molecule has 1 aromatic carbocycles. The largest absolute Gasteiger partial charge is 0.366 e. The van der Waals surface area contributed by atoms with Gasteiger partial charge in [-0.2, -0.15) is 0 Å². The van der Waals surface area contributed by atoms with Crippen LogP contribution in [0.25, 0.3) is 10.9 Å². The second-order valence-electron chi connectivity index (χ2n) is 6.34. The third-order valence-electron chi connectivity index (χ3n) is 4.68. The molecular formula is C19H26N4O3. The Morgan fingerprint density at radius 3 is 2.81 bits per heavy atom. The molecule has 0 bridgehead atoms. The number of hydrogen-bond acceptors (Lipinski definition) is 4. The minimum Gasteiger partial charge on any atom is -0.366 e. The van der Waals surface area contributed by atoms with Crippen molar-refractivity contribution in [3.05, 3.63) is 30.5 Å². The number of carbonyl (C=O) groups excluding carboxylic acids is 2. The Kier molecular flexibility index (Phi) is 5.90. The number of rotatable bonds is 6. The monoisotopic (exact) mass is 358 g/mol. The summed E-state index contributed by atoms with van der Waals surface area (Å²) in [6.07, 6.45) is 1.45. The van der Waals surface area contributed by atoms with Crippen LogP contribution in [0.3, 0.4) is 0 Å². The summed E-state index contributed by atoms with van der Waals surface area (Å²) in [5.41, 5.74) is 1.70. The van der Waals surface area contributed by atoms with E-state index >= 15 is 0 Å². The zero-order valence-electron chi connectivity index (χ0n) is 15.3. The third kappa shape index (κ3) is 4.05. The minimum absolute atomic E-state index is 0.104. The van der Waals surface area contributed by atoms with Gasteiger partial charge in [0.05, 0.1) is 6.61 Å². The Hall–Kier alpha value is -2.38. The highest BCUT2D eigenvalue weighted by atomic mass is 16.5. The molecule has 7 nitrogen and oxygen atoms in total. The van der Waals surface area contributed by atoms with E-state index in [1.54, 1.807) is 0 Å². The van der Waals surface area contributed by atoms with Crippen LogP contribution >= 0.6 is 0 Å². The van der Waals surface area contributed by atoms with Crippen molar-refractivity contribution < 1.29 is 14.3 Å². The van der Waals surface area contributed by atoms with Crippen molar-refractivity contribution in [2.24, 2.45) is 0 Å². The van der Waals surface area contributed by atoms with Crippen molar-refractivity contribution in [2.45, 2.75) is 26.5 Å². The Morgan fingerprint density at radius 2 is 2.12 bits per heavy atom. The van der Waals surface area contributed by atoms with Crippen LogP contribution in [0.4, 0.5) is 5.69 Å². The van der Waals surface area contributed by atoms with Crippen molar-refractivity contribution in [3.63, 3.8) is 0 Å². The van der Waals surface area contributed by atoms with Crippen LogP contribution in [0.5, 0.6) is 0 Å². The summed E-state index contributed by atoms with van der Waals surface area (Å²) in [5.74, 6) is -0.0421. The van der Waals surface area contributed by atoms with Crippen LogP contribution in [0, 0.1) is 0 Å². The van der Waals surface area contributed by atoms with Gasteiger partial charge in [0, 0.05) is 49.0 Å². The van der Waals surface area contributed by atoms with Gasteiger partial charge in [0.2, 0.25) is 5.91 Å². The number of ether oxygens (including phenoxy) is 1. The van der Waals surface area contributed by atoms with Gasteiger partial charge in [-0.3, -0.25) is 9.59 Å². The third-order valence-corrected chi connectivity index (χ3v) is 4.68. The quantitative estimate of drug-likeness (QED) is 0.819. The average molecular weight is 358 g/mol. The second-order valence-corrected chi connectivity index (χ2v) is 6.34. The molecule has 7 heteroatoms. The molecule has 0 aliphatic carbocycles. The summed E-state index contributed by atoms with van der Waals surface area (Å²) >= 11 is 0. The molecule has 1 atom stereocenters. The van der Waals surface area contributed by atoms with E-state index < -0.39 is 6.10 Å². The van der Waals surface area contributed by atoms with Gasteiger partial charge in [0.1, 0.15) is 12.6 Å². The predicted molar refractivity (Wildman–Crippen MR) is 101 cm³/mol. The van der Waals surface area contributed by atoms with Crippen LogP contribution in [0.1, 0.15) is 13.8 Å². The molecule has 2 N–H and O–H groups in total. The Balaban J connectivity index is 1.70. The first-order valence-corrected chi connectivity index (χ1v) is 9.12. The number of morpholine rings is 1. The molecule has 140 valence electrons. The van der Waals surface area contributed by atoms with Gasteiger partial charge in [0.25, 0.3) is 5.91 Å². The summed E-state index contributed by atoms with van der Waals surface area (Å²) in [5, 5.41) is 7.03. The van der Waals surface area contributed by atoms with Gasteiger partial charge in [0.15, 0.2) is 0 Å². The first kappa shape index (κ1) is 18.4. The van der Waals surface area contributed by atoms with Gasteiger partial charge in [-0.1, -0.05) is 0 Å². The molecule has 2 amide bonds. The van der Waals surface area contributed by atoms with Crippen LogP contribution in [0.15, 0.2) is 30.5 Å². The fourth-order valence-electron chi connectivity index (χ4n) is 3.19. The summed E-state index contributed by atoms with van der Waals surface area (Å²) in [7, 11) is 0. The summed E-state index contributed by atoms with van der Waals surface area (Å²) in [6, 6.07) is 7.66. The zero-order chi connectivity index (χ0) is 18.5.